The number of ether oxygens (including phenoxy) is 1. The zero-order valence-corrected chi connectivity index (χ0v) is 15.8. The minimum Gasteiger partial charge on any atom is -0.731 e. The molecule has 2 amide bonds. The van der Waals surface area contributed by atoms with Crippen LogP contribution >= 0.6 is 0 Å². The quantitative estimate of drug-likeness (QED) is 0.241. The number of benzene rings is 1. The van der Waals surface area contributed by atoms with Gasteiger partial charge in [0, 0.05) is 0 Å². The average molecular weight is 364 g/mol. The van der Waals surface area contributed by atoms with Crippen LogP contribution in [0, 0.1) is 0 Å². The normalized spacial score (nSPS) is 19.8. The molecule has 0 aliphatic carbocycles. The molecule has 124 valence electrons. The van der Waals surface area contributed by atoms with Crippen LogP contribution in [-0.4, -0.2) is 54.3 Å². The van der Waals surface area contributed by atoms with Crippen LogP contribution in [0.1, 0.15) is 5.56 Å². The summed E-state index contributed by atoms with van der Waals surface area (Å²) in [7, 11) is -4.19. The van der Waals surface area contributed by atoms with Gasteiger partial charge in [0.1, 0.15) is 6.04 Å². The standard InChI is InChI=1S/C13H14N2O7S.Na/c1-22-13(18)11-10(12(17)15(11)23(19,20)21)14-9(16)7-8-5-3-2-4-6-8;/h2-6,10-11H,7H2,1H3,(H,14,16)(H,19,20,21);/q;+1/p-1/t10-,11-;/m0./s1. The Kier molecular flexibility index (Phi) is 6.93. The second-order valence-corrected chi connectivity index (χ2v) is 6.02. The molecule has 1 heterocycles. The molecule has 1 aromatic carbocycles. The van der Waals surface area contributed by atoms with Crippen LogP contribution in [0.5, 0.6) is 0 Å². The predicted octanol–water partition coefficient (Wildman–Crippen LogP) is -4.44. The van der Waals surface area contributed by atoms with Crippen molar-refractivity contribution in [3.05, 3.63) is 35.9 Å². The Morgan fingerprint density at radius 1 is 1.29 bits per heavy atom. The van der Waals surface area contributed by atoms with Crippen LogP contribution < -0.4 is 34.9 Å². The van der Waals surface area contributed by atoms with Crippen molar-refractivity contribution in [3.8, 4) is 0 Å². The fraction of sp³-hybridized carbons (Fsp3) is 0.308. The number of hydrogen-bond acceptors (Lipinski definition) is 7. The van der Waals surface area contributed by atoms with Crippen molar-refractivity contribution >= 4 is 28.1 Å². The molecule has 24 heavy (non-hydrogen) atoms. The SMILES string of the molecule is COC(=O)[C@@H]1[C@H](NC(=O)Cc2ccccc2)C(=O)N1S(=O)(=O)[O-].[Na+]. The van der Waals surface area contributed by atoms with Gasteiger partial charge in [0.2, 0.25) is 5.91 Å². The second kappa shape index (κ2) is 8.08. The summed E-state index contributed by atoms with van der Waals surface area (Å²) < 4.78 is 37.3. The monoisotopic (exact) mass is 364 g/mol. The summed E-state index contributed by atoms with van der Waals surface area (Å²) in [5.74, 6) is -2.86. The van der Waals surface area contributed by atoms with Gasteiger partial charge in [-0.15, -0.1) is 0 Å². The van der Waals surface area contributed by atoms with Crippen molar-refractivity contribution in [1.29, 1.82) is 0 Å². The van der Waals surface area contributed by atoms with E-state index >= 15 is 0 Å². The summed E-state index contributed by atoms with van der Waals surface area (Å²) >= 11 is 0. The number of carbonyl (C=O) groups excluding carboxylic acids is 3. The Hall–Kier alpha value is -1.46. The van der Waals surface area contributed by atoms with E-state index in [1.165, 1.54) is 0 Å². The fourth-order valence-corrected chi connectivity index (χ4v) is 3.03. The maximum atomic E-state index is 11.9. The zero-order valence-electron chi connectivity index (χ0n) is 13.0. The average Bonchev–Trinajstić information content (AvgIpc) is 2.48. The Labute approximate surface area is 160 Å². The topological polar surface area (TPSA) is 133 Å². The molecule has 1 fully saturated rings. The molecule has 9 nitrogen and oxygen atoms in total. The van der Waals surface area contributed by atoms with Crippen LogP contribution in [0.25, 0.3) is 0 Å². The first-order valence-corrected chi connectivity index (χ1v) is 7.82. The van der Waals surface area contributed by atoms with Gasteiger partial charge in [-0.2, -0.15) is 0 Å². The number of carbonyl (C=O) groups is 3. The third-order valence-electron chi connectivity index (χ3n) is 3.26. The van der Waals surface area contributed by atoms with Gasteiger partial charge in [-0.25, -0.2) is 17.5 Å². The van der Waals surface area contributed by atoms with Gasteiger partial charge in [-0.3, -0.25) is 9.59 Å². The van der Waals surface area contributed by atoms with E-state index in [1.807, 2.05) is 0 Å². The van der Waals surface area contributed by atoms with Gasteiger partial charge in [0.05, 0.1) is 13.5 Å². The Bertz CT molecular complexity index is 738. The van der Waals surface area contributed by atoms with Gasteiger partial charge in [0.15, 0.2) is 16.3 Å². The first-order valence-electron chi connectivity index (χ1n) is 6.46. The van der Waals surface area contributed by atoms with E-state index < -0.39 is 40.2 Å². The first kappa shape index (κ1) is 20.6. The van der Waals surface area contributed by atoms with E-state index in [2.05, 4.69) is 10.1 Å². The fourth-order valence-electron chi connectivity index (χ4n) is 2.21. The smallest absolute Gasteiger partial charge is 0.731 e. The van der Waals surface area contributed by atoms with Gasteiger partial charge in [-0.05, 0) is 5.56 Å². The third-order valence-corrected chi connectivity index (χ3v) is 4.15. The predicted molar refractivity (Wildman–Crippen MR) is 74.4 cm³/mol. The van der Waals surface area contributed by atoms with E-state index in [1.54, 1.807) is 30.3 Å². The Morgan fingerprint density at radius 2 is 1.88 bits per heavy atom. The van der Waals surface area contributed by atoms with Crippen molar-refractivity contribution in [2.45, 2.75) is 18.5 Å². The van der Waals surface area contributed by atoms with Gasteiger partial charge in [-0.1, -0.05) is 30.3 Å². The molecule has 0 bridgehead atoms. The summed E-state index contributed by atoms with van der Waals surface area (Å²) in [5.41, 5.74) is 0.666. The van der Waals surface area contributed by atoms with Gasteiger partial charge < -0.3 is 14.6 Å². The molecule has 0 spiro atoms. The van der Waals surface area contributed by atoms with Crippen LogP contribution in [0.4, 0.5) is 0 Å². The van der Waals surface area contributed by atoms with Crippen molar-refractivity contribution in [2.24, 2.45) is 0 Å². The number of nitrogens with zero attached hydrogens (tertiary/aromatic N) is 1. The summed E-state index contributed by atoms with van der Waals surface area (Å²) in [6.45, 7) is 0. The molecular formula is C13H13N2NaO7S. The number of methoxy groups -OCH3 is 1. The Morgan fingerprint density at radius 3 is 2.38 bits per heavy atom. The van der Waals surface area contributed by atoms with E-state index in [-0.39, 0.29) is 40.3 Å². The molecule has 11 heteroatoms. The van der Waals surface area contributed by atoms with Crippen molar-refractivity contribution in [2.75, 3.05) is 7.11 Å². The number of β-lactam (4-membered cyclic amide) rings is 1. The number of rotatable bonds is 5. The molecular weight excluding hydrogens is 351 g/mol. The minimum atomic E-state index is -5.17. The summed E-state index contributed by atoms with van der Waals surface area (Å²) in [5, 5.41) is 2.25. The molecule has 2 rings (SSSR count). The molecule has 0 unspecified atom stereocenters. The minimum absolute atomic E-state index is 0. The molecule has 1 saturated heterocycles. The zero-order chi connectivity index (χ0) is 17.2. The molecule has 1 aromatic rings. The van der Waals surface area contributed by atoms with Crippen LogP contribution in [0.2, 0.25) is 0 Å². The maximum Gasteiger partial charge on any atom is 1.00 e. The Balaban J connectivity index is 0.00000288. The van der Waals surface area contributed by atoms with E-state index in [9.17, 15) is 27.4 Å². The summed E-state index contributed by atoms with van der Waals surface area (Å²) in [6.07, 6.45) is -0.0668. The van der Waals surface area contributed by atoms with E-state index in [4.69, 9.17) is 0 Å². The molecule has 0 radical (unpaired) electrons. The number of hydrogen-bond donors (Lipinski definition) is 1. The molecule has 1 N–H and O–H groups in total. The summed E-state index contributed by atoms with van der Waals surface area (Å²) in [4.78, 5) is 35.2. The van der Waals surface area contributed by atoms with Gasteiger partial charge in [0.25, 0.3) is 5.91 Å². The van der Waals surface area contributed by atoms with Gasteiger partial charge >= 0.3 is 35.5 Å². The molecule has 0 saturated carbocycles. The van der Waals surface area contributed by atoms with Crippen LogP contribution in [0.3, 0.4) is 0 Å². The summed E-state index contributed by atoms with van der Waals surface area (Å²) in [6, 6.07) is 5.46. The maximum absolute atomic E-state index is 11.9. The molecule has 0 aromatic heterocycles. The number of esters is 1. The van der Waals surface area contributed by atoms with Crippen molar-refractivity contribution < 1.29 is 61.6 Å². The largest absolute Gasteiger partial charge is 1.00 e. The van der Waals surface area contributed by atoms with Crippen molar-refractivity contribution in [3.63, 3.8) is 0 Å². The number of nitrogens with one attached hydrogen (secondary N) is 1. The molecule has 1 aliphatic rings. The van der Waals surface area contributed by atoms with Crippen molar-refractivity contribution in [1.82, 2.24) is 9.62 Å². The van der Waals surface area contributed by atoms with Crippen LogP contribution in [0.15, 0.2) is 30.3 Å². The third kappa shape index (κ3) is 4.33. The van der Waals surface area contributed by atoms with Crippen LogP contribution in [-0.2, 0) is 35.8 Å². The van der Waals surface area contributed by atoms with E-state index in [0.717, 1.165) is 7.11 Å². The number of amides is 2. The second-order valence-electron chi connectivity index (χ2n) is 4.77. The first-order chi connectivity index (χ1) is 10.8. The molecule has 2 atom stereocenters. The molecule has 1 aliphatic heterocycles. The van der Waals surface area contributed by atoms with E-state index in [0.29, 0.717) is 5.56 Å².